The first kappa shape index (κ1) is 14.5. The summed E-state index contributed by atoms with van der Waals surface area (Å²) < 4.78 is 0. The normalized spacial score (nSPS) is 31.1. The van der Waals surface area contributed by atoms with Crippen LogP contribution in [0.1, 0.15) is 37.3 Å². The number of hydrogen-bond acceptors (Lipinski definition) is 3. The van der Waals surface area contributed by atoms with E-state index in [9.17, 15) is 10.2 Å². The third-order valence-electron chi connectivity index (χ3n) is 3.96. The minimum atomic E-state index is -0.676. The maximum absolute atomic E-state index is 10.1. The topological polar surface area (TPSA) is 52.5 Å². The van der Waals surface area contributed by atoms with Crippen molar-refractivity contribution in [2.75, 3.05) is 6.54 Å². The van der Waals surface area contributed by atoms with Gasteiger partial charge in [0.15, 0.2) is 0 Å². The summed E-state index contributed by atoms with van der Waals surface area (Å²) in [5.41, 5.74) is 2.43. The van der Waals surface area contributed by atoms with E-state index in [1.807, 2.05) is 0 Å². The molecule has 1 aliphatic rings. The summed E-state index contributed by atoms with van der Waals surface area (Å²) in [7, 11) is 0. The Kier molecular flexibility index (Phi) is 4.61. The highest BCUT2D eigenvalue weighted by Crippen LogP contribution is 2.35. The third kappa shape index (κ3) is 3.35. The quantitative estimate of drug-likeness (QED) is 0.776. The van der Waals surface area contributed by atoms with Crippen molar-refractivity contribution < 1.29 is 10.2 Å². The first-order valence-electron chi connectivity index (χ1n) is 7.15. The molecule has 0 spiro atoms. The smallest absolute Gasteiger partial charge is 0.0957 e. The molecule has 0 aromatic heterocycles. The second kappa shape index (κ2) is 6.04. The first-order chi connectivity index (χ1) is 8.99. The molecule has 0 saturated heterocycles. The van der Waals surface area contributed by atoms with E-state index < -0.39 is 12.2 Å². The summed E-state index contributed by atoms with van der Waals surface area (Å²) in [5, 5.41) is 23.5. The maximum atomic E-state index is 10.1. The van der Waals surface area contributed by atoms with Gasteiger partial charge in [0.25, 0.3) is 0 Å². The molecule has 1 aromatic carbocycles. The first-order valence-corrected chi connectivity index (χ1v) is 7.15. The summed E-state index contributed by atoms with van der Waals surface area (Å²) in [6.07, 6.45) is -0.680. The summed E-state index contributed by atoms with van der Waals surface area (Å²) >= 11 is 0. The van der Waals surface area contributed by atoms with Crippen LogP contribution in [0.15, 0.2) is 24.3 Å². The van der Waals surface area contributed by atoms with E-state index in [1.54, 1.807) is 0 Å². The molecule has 19 heavy (non-hydrogen) atoms. The van der Waals surface area contributed by atoms with Gasteiger partial charge in [-0.05, 0) is 31.4 Å². The number of rotatable bonds is 4. The lowest BCUT2D eigenvalue weighted by atomic mass is 9.92. The molecule has 4 atom stereocenters. The van der Waals surface area contributed by atoms with Crippen LogP contribution in [0.3, 0.4) is 0 Å². The summed E-state index contributed by atoms with van der Waals surface area (Å²) in [6.45, 7) is 7.21. The molecule has 106 valence electrons. The van der Waals surface area contributed by atoms with Crippen LogP contribution in [0.4, 0.5) is 0 Å². The van der Waals surface area contributed by atoms with Gasteiger partial charge in [0, 0.05) is 12.0 Å². The summed E-state index contributed by atoms with van der Waals surface area (Å²) in [4.78, 5) is 0. The van der Waals surface area contributed by atoms with E-state index in [2.05, 4.69) is 50.4 Å². The average Bonchev–Trinajstić information content (AvgIpc) is 2.64. The van der Waals surface area contributed by atoms with Crippen molar-refractivity contribution >= 4 is 0 Å². The van der Waals surface area contributed by atoms with Gasteiger partial charge in [-0.25, -0.2) is 0 Å². The van der Waals surface area contributed by atoms with Gasteiger partial charge < -0.3 is 15.5 Å². The Morgan fingerprint density at radius 3 is 2.42 bits per heavy atom. The van der Waals surface area contributed by atoms with E-state index in [4.69, 9.17) is 0 Å². The zero-order valence-electron chi connectivity index (χ0n) is 12.0. The number of hydrogen-bond donors (Lipinski definition) is 3. The molecule has 3 heteroatoms. The van der Waals surface area contributed by atoms with Crippen LogP contribution in [0.25, 0.3) is 0 Å². The predicted octanol–water partition coefficient (Wildman–Crippen LogP) is 1.82. The number of aliphatic hydroxyl groups excluding tert-OH is 2. The van der Waals surface area contributed by atoms with Gasteiger partial charge in [-0.3, -0.25) is 0 Å². The van der Waals surface area contributed by atoms with Crippen LogP contribution in [-0.4, -0.2) is 35.0 Å². The van der Waals surface area contributed by atoms with Gasteiger partial charge in [-0.2, -0.15) is 0 Å². The van der Waals surface area contributed by atoms with Crippen molar-refractivity contribution in [3.05, 3.63) is 35.4 Å². The highest BCUT2D eigenvalue weighted by Gasteiger charge is 2.41. The highest BCUT2D eigenvalue weighted by molar-refractivity contribution is 5.28. The molecule has 3 N–H and O–H groups in total. The molecular formula is C16H25NO2. The Balaban J connectivity index is 2.14. The van der Waals surface area contributed by atoms with E-state index in [0.717, 1.165) is 6.54 Å². The van der Waals surface area contributed by atoms with E-state index in [-0.39, 0.29) is 12.0 Å². The molecule has 0 heterocycles. The van der Waals surface area contributed by atoms with Gasteiger partial charge >= 0.3 is 0 Å². The van der Waals surface area contributed by atoms with Crippen molar-refractivity contribution in [1.29, 1.82) is 0 Å². The molecule has 0 amide bonds. The summed E-state index contributed by atoms with van der Waals surface area (Å²) in [6, 6.07) is 8.33. The van der Waals surface area contributed by atoms with Crippen molar-refractivity contribution in [3.63, 3.8) is 0 Å². The zero-order chi connectivity index (χ0) is 14.0. The number of aryl methyl sites for hydroxylation is 1. The number of nitrogens with one attached hydrogen (secondary N) is 1. The Labute approximate surface area is 115 Å². The van der Waals surface area contributed by atoms with Crippen molar-refractivity contribution in [2.24, 2.45) is 5.92 Å². The fourth-order valence-electron chi connectivity index (χ4n) is 2.82. The molecule has 1 fully saturated rings. The zero-order valence-corrected chi connectivity index (χ0v) is 12.0. The second-order valence-electron chi connectivity index (χ2n) is 6.14. The lowest BCUT2D eigenvalue weighted by molar-refractivity contribution is 0.0296. The Morgan fingerprint density at radius 2 is 1.84 bits per heavy atom. The highest BCUT2D eigenvalue weighted by atomic mass is 16.3. The largest absolute Gasteiger partial charge is 0.390 e. The molecule has 1 aliphatic carbocycles. The molecule has 3 nitrogen and oxygen atoms in total. The molecule has 0 radical (unpaired) electrons. The fourth-order valence-corrected chi connectivity index (χ4v) is 2.82. The van der Waals surface area contributed by atoms with Gasteiger partial charge in [-0.1, -0.05) is 43.7 Å². The van der Waals surface area contributed by atoms with Gasteiger partial charge in [0.2, 0.25) is 0 Å². The van der Waals surface area contributed by atoms with Crippen molar-refractivity contribution in [1.82, 2.24) is 5.32 Å². The molecular weight excluding hydrogens is 238 g/mol. The Bertz CT molecular complexity index is 402. The van der Waals surface area contributed by atoms with Crippen molar-refractivity contribution in [2.45, 2.75) is 51.4 Å². The number of benzene rings is 1. The predicted molar refractivity (Wildman–Crippen MR) is 77.2 cm³/mol. The molecule has 1 aromatic rings. The lowest BCUT2D eigenvalue weighted by Crippen LogP contribution is -2.43. The third-order valence-corrected chi connectivity index (χ3v) is 3.96. The standard InChI is InChI=1S/C16H25NO2/c1-10(2)9-17-15-13(8-14(18)16(15)19)12-6-4-11(3)5-7-12/h4-7,10,13-19H,8-9H2,1-3H3/t13-,14-,15-,16-/m1/s1. The van der Waals surface area contributed by atoms with Crippen molar-refractivity contribution in [3.8, 4) is 0 Å². The minimum absolute atomic E-state index is 0.0555. The average molecular weight is 263 g/mol. The molecule has 2 rings (SSSR count). The van der Waals surface area contributed by atoms with Gasteiger partial charge in [0.1, 0.15) is 0 Å². The monoisotopic (exact) mass is 263 g/mol. The maximum Gasteiger partial charge on any atom is 0.0957 e. The molecule has 0 bridgehead atoms. The van der Waals surface area contributed by atoms with Gasteiger partial charge in [-0.15, -0.1) is 0 Å². The van der Waals surface area contributed by atoms with Crippen LogP contribution in [0, 0.1) is 12.8 Å². The van der Waals surface area contributed by atoms with E-state index in [1.165, 1.54) is 11.1 Å². The SMILES string of the molecule is Cc1ccc([C@H]2C[C@@H](O)[C@@H](O)[C@@H]2NCC(C)C)cc1. The van der Waals surface area contributed by atoms with Crippen LogP contribution < -0.4 is 5.32 Å². The van der Waals surface area contributed by atoms with Crippen LogP contribution in [0.5, 0.6) is 0 Å². The van der Waals surface area contributed by atoms with Crippen LogP contribution in [0.2, 0.25) is 0 Å². The second-order valence-corrected chi connectivity index (χ2v) is 6.14. The Morgan fingerprint density at radius 1 is 1.21 bits per heavy atom. The Hall–Kier alpha value is -0.900. The lowest BCUT2D eigenvalue weighted by Gasteiger charge is -2.25. The number of aliphatic hydroxyl groups is 2. The molecule has 0 unspecified atom stereocenters. The molecule has 0 aliphatic heterocycles. The van der Waals surface area contributed by atoms with E-state index in [0.29, 0.717) is 12.3 Å². The van der Waals surface area contributed by atoms with Gasteiger partial charge in [0.05, 0.1) is 12.2 Å². The fraction of sp³-hybridized carbons (Fsp3) is 0.625. The summed E-state index contributed by atoms with van der Waals surface area (Å²) in [5.74, 6) is 0.716. The van der Waals surface area contributed by atoms with E-state index >= 15 is 0 Å². The molecule has 1 saturated carbocycles. The van der Waals surface area contributed by atoms with Crippen LogP contribution >= 0.6 is 0 Å². The van der Waals surface area contributed by atoms with Crippen LogP contribution in [-0.2, 0) is 0 Å². The minimum Gasteiger partial charge on any atom is -0.390 e.